The number of carbonyl (C=O) groups is 1. The number of carbonyl (C=O) groups excluding carboxylic acids is 1. The van der Waals surface area contributed by atoms with E-state index < -0.39 is 12.2 Å². The molecule has 0 spiro atoms. The molecule has 1 fully saturated rings. The van der Waals surface area contributed by atoms with Crippen molar-refractivity contribution in [3.63, 3.8) is 0 Å². The third kappa shape index (κ3) is 7.08. The summed E-state index contributed by atoms with van der Waals surface area (Å²) >= 11 is 0. The Morgan fingerprint density at radius 2 is 1.74 bits per heavy atom. The maximum absolute atomic E-state index is 13.2. The molecule has 5 rings (SSSR count). The van der Waals surface area contributed by atoms with Crippen molar-refractivity contribution in [1.29, 1.82) is 5.26 Å². The Bertz CT molecular complexity index is 1510. The average molecular weight is 584 g/mol. The Hall–Kier alpha value is -4.58. The third-order valence-electron chi connectivity index (χ3n) is 7.97. The quantitative estimate of drug-likeness (QED) is 0.280. The summed E-state index contributed by atoms with van der Waals surface area (Å²) in [6, 6.07) is 23.1. The number of amidine groups is 1. The van der Waals surface area contributed by atoms with Crippen molar-refractivity contribution >= 4 is 23.5 Å². The number of rotatable bonds is 9. The van der Waals surface area contributed by atoms with Crippen LogP contribution in [0.1, 0.15) is 75.3 Å². The van der Waals surface area contributed by atoms with Crippen molar-refractivity contribution in [3.8, 4) is 11.8 Å². The lowest BCUT2D eigenvalue weighted by molar-refractivity contribution is 0.121. The van der Waals surface area contributed by atoms with Crippen molar-refractivity contribution in [3.05, 3.63) is 89.2 Å². The van der Waals surface area contributed by atoms with Crippen LogP contribution in [0.4, 0.5) is 20.6 Å². The normalized spacial score (nSPS) is 18.2. The molecular formula is C34H38FN5O3. The van der Waals surface area contributed by atoms with Gasteiger partial charge in [0.05, 0.1) is 24.1 Å². The van der Waals surface area contributed by atoms with E-state index in [0.29, 0.717) is 29.1 Å². The summed E-state index contributed by atoms with van der Waals surface area (Å²) in [7, 11) is 1.97. The van der Waals surface area contributed by atoms with Crippen LogP contribution in [-0.2, 0) is 4.74 Å². The van der Waals surface area contributed by atoms with E-state index >= 15 is 0 Å². The van der Waals surface area contributed by atoms with Gasteiger partial charge in [-0.25, -0.2) is 14.2 Å². The number of hydrogen-bond donors (Lipinski definition) is 1. The minimum Gasteiger partial charge on any atom is -0.441 e. The van der Waals surface area contributed by atoms with Gasteiger partial charge in [-0.3, -0.25) is 5.32 Å². The second-order valence-electron chi connectivity index (χ2n) is 11.5. The van der Waals surface area contributed by atoms with Crippen LogP contribution in [0, 0.1) is 17.1 Å². The summed E-state index contributed by atoms with van der Waals surface area (Å²) in [6.45, 7) is 8.69. The lowest BCUT2D eigenvalue weighted by atomic mass is 9.97. The molecule has 0 bridgehead atoms. The van der Waals surface area contributed by atoms with E-state index in [2.05, 4.69) is 35.1 Å². The summed E-state index contributed by atoms with van der Waals surface area (Å²) < 4.78 is 24.9. The summed E-state index contributed by atoms with van der Waals surface area (Å²) in [5.41, 5.74) is 4.32. The molecule has 224 valence electrons. The van der Waals surface area contributed by atoms with Gasteiger partial charge in [0.1, 0.15) is 17.7 Å². The molecule has 2 aliphatic rings. The Balaban J connectivity index is 1.33. The van der Waals surface area contributed by atoms with Crippen LogP contribution in [0.5, 0.6) is 5.75 Å². The molecule has 1 amide bonds. The Morgan fingerprint density at radius 3 is 2.35 bits per heavy atom. The number of benzene rings is 3. The minimum atomic E-state index is -0.587. The van der Waals surface area contributed by atoms with E-state index in [1.165, 1.54) is 12.1 Å². The van der Waals surface area contributed by atoms with Crippen LogP contribution in [0.15, 0.2) is 71.7 Å². The summed E-state index contributed by atoms with van der Waals surface area (Å²) in [5.74, 6) is 0.0570. The van der Waals surface area contributed by atoms with Gasteiger partial charge < -0.3 is 19.3 Å². The van der Waals surface area contributed by atoms with E-state index in [4.69, 9.17) is 9.47 Å². The predicted molar refractivity (Wildman–Crippen MR) is 166 cm³/mol. The van der Waals surface area contributed by atoms with Gasteiger partial charge in [0, 0.05) is 37.1 Å². The van der Waals surface area contributed by atoms with Gasteiger partial charge in [0.2, 0.25) is 0 Å². The van der Waals surface area contributed by atoms with Crippen LogP contribution < -0.4 is 15.0 Å². The fourth-order valence-electron chi connectivity index (χ4n) is 5.45. The van der Waals surface area contributed by atoms with E-state index in [9.17, 15) is 14.4 Å². The third-order valence-corrected chi connectivity index (χ3v) is 7.97. The fourth-order valence-corrected chi connectivity index (χ4v) is 5.45. The molecule has 4 unspecified atom stereocenters. The van der Waals surface area contributed by atoms with Crippen LogP contribution in [0.2, 0.25) is 0 Å². The van der Waals surface area contributed by atoms with E-state index in [1.807, 2.05) is 61.3 Å². The number of hydrogen-bond acceptors (Lipinski definition) is 7. The van der Waals surface area contributed by atoms with Crippen LogP contribution in [-0.4, -0.2) is 42.7 Å². The molecule has 9 heteroatoms. The topological polar surface area (TPSA) is 90.2 Å². The van der Waals surface area contributed by atoms with Crippen LogP contribution in [0.3, 0.4) is 0 Å². The van der Waals surface area contributed by atoms with Crippen molar-refractivity contribution in [2.45, 2.75) is 70.7 Å². The number of likely N-dealkylation sites (N-methyl/N-ethyl adjacent to an activating group) is 1. The zero-order valence-corrected chi connectivity index (χ0v) is 25.3. The molecular weight excluding hydrogens is 545 g/mol. The first-order chi connectivity index (χ1) is 20.6. The van der Waals surface area contributed by atoms with Crippen molar-refractivity contribution in [2.75, 3.05) is 23.8 Å². The van der Waals surface area contributed by atoms with Crippen molar-refractivity contribution < 1.29 is 18.7 Å². The zero-order chi connectivity index (χ0) is 30.7. The van der Waals surface area contributed by atoms with Gasteiger partial charge >= 0.3 is 6.09 Å². The maximum atomic E-state index is 13.2. The van der Waals surface area contributed by atoms with Gasteiger partial charge in [-0.15, -0.1) is 0 Å². The second-order valence-corrected chi connectivity index (χ2v) is 11.5. The molecule has 4 atom stereocenters. The largest absolute Gasteiger partial charge is 0.441 e. The highest BCUT2D eigenvalue weighted by molar-refractivity contribution is 5.84. The Labute approximate surface area is 252 Å². The molecule has 1 aliphatic carbocycles. The Kier molecular flexibility index (Phi) is 8.86. The van der Waals surface area contributed by atoms with Gasteiger partial charge in [0.25, 0.3) is 6.02 Å². The lowest BCUT2D eigenvalue weighted by Crippen LogP contribution is -2.31. The SMILES string of the molecule is CC1CN(C)C(Oc2ccc(C(C)C#N)c(N(C3CC3)C(C)c3ccc(NC(=O)OC(C)c4ccc(F)cc4)cc3)c2)=N1. The summed E-state index contributed by atoms with van der Waals surface area (Å²) in [4.78, 5) is 21.5. The van der Waals surface area contributed by atoms with Crippen LogP contribution in [0.25, 0.3) is 0 Å². The summed E-state index contributed by atoms with van der Waals surface area (Å²) in [6.07, 6.45) is 1.03. The molecule has 0 radical (unpaired) electrons. The number of nitrogens with zero attached hydrogens (tertiary/aromatic N) is 4. The molecule has 1 saturated carbocycles. The smallest absolute Gasteiger partial charge is 0.412 e. The molecule has 0 saturated heterocycles. The number of halogens is 1. The molecule has 8 nitrogen and oxygen atoms in total. The monoisotopic (exact) mass is 583 g/mol. The second kappa shape index (κ2) is 12.7. The van der Waals surface area contributed by atoms with Crippen LogP contribution >= 0.6 is 0 Å². The van der Waals surface area contributed by atoms with Gasteiger partial charge in [0.15, 0.2) is 0 Å². The fraction of sp³-hybridized carbons (Fsp3) is 0.382. The predicted octanol–water partition coefficient (Wildman–Crippen LogP) is 7.56. The highest BCUT2D eigenvalue weighted by Gasteiger charge is 2.35. The number of nitrogens with one attached hydrogen (secondary N) is 1. The van der Waals surface area contributed by atoms with E-state index in [1.54, 1.807) is 19.1 Å². The number of aliphatic imine (C=N–C) groups is 1. The summed E-state index contributed by atoms with van der Waals surface area (Å²) in [5, 5.41) is 12.6. The maximum Gasteiger partial charge on any atom is 0.412 e. The number of ether oxygens (including phenoxy) is 2. The highest BCUT2D eigenvalue weighted by Crippen LogP contribution is 2.43. The van der Waals surface area contributed by atoms with Gasteiger partial charge in [-0.2, -0.15) is 5.26 Å². The first-order valence-corrected chi connectivity index (χ1v) is 14.7. The van der Waals surface area contributed by atoms with E-state index in [-0.39, 0.29) is 23.8 Å². The lowest BCUT2D eigenvalue weighted by Gasteiger charge is -2.34. The molecule has 3 aromatic rings. The first-order valence-electron chi connectivity index (χ1n) is 14.7. The number of anilines is 2. The minimum absolute atomic E-state index is 0.00147. The van der Waals surface area contributed by atoms with Gasteiger partial charge in [-0.1, -0.05) is 30.3 Å². The Morgan fingerprint density at radius 1 is 1.07 bits per heavy atom. The van der Waals surface area contributed by atoms with E-state index in [0.717, 1.165) is 36.2 Å². The molecule has 43 heavy (non-hydrogen) atoms. The molecule has 3 aromatic carbocycles. The highest BCUT2D eigenvalue weighted by atomic mass is 19.1. The number of amides is 1. The molecule has 1 N–H and O–H groups in total. The average Bonchev–Trinajstić information content (AvgIpc) is 3.77. The first kappa shape index (κ1) is 29.9. The zero-order valence-electron chi connectivity index (χ0n) is 25.3. The molecule has 1 aliphatic heterocycles. The van der Waals surface area contributed by atoms with Crippen molar-refractivity contribution in [2.24, 2.45) is 4.99 Å². The molecule has 1 heterocycles. The van der Waals surface area contributed by atoms with Gasteiger partial charge in [-0.05, 0) is 87.6 Å². The van der Waals surface area contributed by atoms with Crippen molar-refractivity contribution in [1.82, 2.24) is 4.90 Å². The molecule has 0 aromatic heterocycles. The standard InChI is InChI=1S/C34H38FN5O3/c1-21(19-36)31-17-16-30(43-33-37-22(2)20-39(33)5)18-32(31)40(29-14-15-29)23(3)25-8-12-28(13-9-25)38-34(41)42-24(4)26-6-10-27(35)11-7-26/h6-13,16-18,21-24,29H,14-15,20H2,1-5H3,(H,38,41). The number of nitriles is 1.